The molecular weight excluding hydrogens is 291 g/mol. The Balaban J connectivity index is 1.26. The second kappa shape index (κ2) is 5.64. The number of hydrogen-bond donors (Lipinski definition) is 1. The van der Waals surface area contributed by atoms with E-state index in [0.29, 0.717) is 18.0 Å². The first-order chi connectivity index (χ1) is 10.5. The molecule has 0 unspecified atom stereocenters. The lowest BCUT2D eigenvalue weighted by atomic mass is 9.52. The lowest BCUT2D eigenvalue weighted by molar-refractivity contribution is -0.253. The third-order valence-corrected chi connectivity index (χ3v) is 6.61. The number of nitrogens with zero attached hydrogens (tertiary/aromatic N) is 2. The molecule has 5 aliphatic rings. The fraction of sp³-hybridized carbons (Fsp3) is 1.00. The summed E-state index contributed by atoms with van der Waals surface area (Å²) in [6, 6.07) is 0. The molecule has 5 rings (SSSR count). The lowest BCUT2D eigenvalue weighted by Gasteiger charge is -2.55. The van der Waals surface area contributed by atoms with Gasteiger partial charge in [0.15, 0.2) is 0 Å². The van der Waals surface area contributed by atoms with Crippen molar-refractivity contribution >= 4 is 0 Å². The fourth-order valence-electron chi connectivity index (χ4n) is 5.72. The van der Waals surface area contributed by atoms with Gasteiger partial charge in [-0.3, -0.25) is 5.43 Å². The van der Waals surface area contributed by atoms with Gasteiger partial charge in [0.05, 0.1) is 0 Å². The van der Waals surface area contributed by atoms with Crippen molar-refractivity contribution < 1.29 is 13.2 Å². The normalized spacial score (nSPS) is 43.0. The molecule has 1 N–H and O–H groups in total. The number of hydrazine groups is 1. The van der Waals surface area contributed by atoms with Crippen LogP contribution in [0.25, 0.3) is 0 Å². The van der Waals surface area contributed by atoms with Crippen molar-refractivity contribution in [3.05, 3.63) is 0 Å². The standard InChI is InChI=1S/C16H26F3N3/c17-16(18,19)21-1-3-22(4-2-21)20-10-15-13-6-11-5-12(8-13)9-14(15)7-11/h11-15,20H,1-10H2. The number of alkyl halides is 3. The smallest absolute Gasteiger partial charge is 0.255 e. The molecule has 1 aliphatic heterocycles. The quantitative estimate of drug-likeness (QED) is 0.808. The number of nitrogens with one attached hydrogen (secondary N) is 1. The average molecular weight is 317 g/mol. The second-order valence-electron chi connectivity index (χ2n) is 7.90. The van der Waals surface area contributed by atoms with Gasteiger partial charge >= 0.3 is 6.30 Å². The molecule has 0 amide bonds. The number of piperazine rings is 1. The largest absolute Gasteiger partial charge is 0.460 e. The van der Waals surface area contributed by atoms with Crippen LogP contribution in [0.4, 0.5) is 13.2 Å². The minimum Gasteiger partial charge on any atom is -0.255 e. The van der Waals surface area contributed by atoms with E-state index in [1.165, 1.54) is 32.1 Å². The highest BCUT2D eigenvalue weighted by Crippen LogP contribution is 2.56. The Morgan fingerprint density at radius 2 is 1.36 bits per heavy atom. The summed E-state index contributed by atoms with van der Waals surface area (Å²) in [7, 11) is 0. The molecule has 4 bridgehead atoms. The third-order valence-electron chi connectivity index (χ3n) is 6.61. The molecule has 0 aromatic heterocycles. The maximum Gasteiger partial charge on any atom is 0.460 e. The molecule has 3 nitrogen and oxygen atoms in total. The van der Waals surface area contributed by atoms with Crippen molar-refractivity contribution in [1.82, 2.24) is 15.3 Å². The first-order valence-corrected chi connectivity index (χ1v) is 8.79. The topological polar surface area (TPSA) is 18.5 Å². The molecule has 0 aromatic rings. The Bertz CT molecular complexity index is 376. The zero-order valence-electron chi connectivity index (χ0n) is 13.0. The highest BCUT2D eigenvalue weighted by Gasteiger charge is 2.48. The molecule has 1 saturated heterocycles. The Labute approximate surface area is 130 Å². The summed E-state index contributed by atoms with van der Waals surface area (Å²) in [5.74, 6) is 4.47. The van der Waals surface area contributed by atoms with Gasteiger partial charge in [0.1, 0.15) is 0 Å². The molecule has 22 heavy (non-hydrogen) atoms. The van der Waals surface area contributed by atoms with Crippen LogP contribution < -0.4 is 5.43 Å². The van der Waals surface area contributed by atoms with Crippen molar-refractivity contribution in [2.24, 2.45) is 29.6 Å². The summed E-state index contributed by atoms with van der Waals surface area (Å²) in [5, 5.41) is 2.01. The van der Waals surface area contributed by atoms with Crippen molar-refractivity contribution in [2.75, 3.05) is 32.7 Å². The van der Waals surface area contributed by atoms with E-state index >= 15 is 0 Å². The summed E-state index contributed by atoms with van der Waals surface area (Å²) in [6.45, 7) is 2.07. The number of halogens is 3. The van der Waals surface area contributed by atoms with Crippen LogP contribution in [-0.2, 0) is 0 Å². The van der Waals surface area contributed by atoms with E-state index < -0.39 is 6.30 Å². The number of rotatable bonds is 3. The molecule has 0 radical (unpaired) electrons. The molecule has 5 fully saturated rings. The highest BCUT2D eigenvalue weighted by atomic mass is 19.4. The fourth-order valence-corrected chi connectivity index (χ4v) is 5.72. The van der Waals surface area contributed by atoms with Crippen LogP contribution in [0.5, 0.6) is 0 Å². The summed E-state index contributed by atoms with van der Waals surface area (Å²) < 4.78 is 37.9. The first kappa shape index (κ1) is 15.2. The highest BCUT2D eigenvalue weighted by molar-refractivity contribution is 4.98. The van der Waals surface area contributed by atoms with Crippen LogP contribution in [0.1, 0.15) is 32.1 Å². The first-order valence-electron chi connectivity index (χ1n) is 8.79. The van der Waals surface area contributed by atoms with Gasteiger partial charge < -0.3 is 0 Å². The van der Waals surface area contributed by atoms with Crippen LogP contribution in [0.2, 0.25) is 0 Å². The molecule has 0 spiro atoms. The lowest BCUT2D eigenvalue weighted by Crippen LogP contribution is -2.57. The third kappa shape index (κ3) is 2.89. The van der Waals surface area contributed by atoms with Crippen molar-refractivity contribution in [1.29, 1.82) is 0 Å². The van der Waals surface area contributed by atoms with Crippen LogP contribution in [-0.4, -0.2) is 48.9 Å². The van der Waals surface area contributed by atoms with E-state index in [1.807, 2.05) is 5.01 Å². The summed E-state index contributed by atoms with van der Waals surface area (Å²) in [4.78, 5) is 0.619. The Hall–Kier alpha value is -0.330. The van der Waals surface area contributed by atoms with Crippen molar-refractivity contribution in [3.63, 3.8) is 0 Å². The van der Waals surface area contributed by atoms with E-state index in [-0.39, 0.29) is 13.1 Å². The van der Waals surface area contributed by atoms with Crippen molar-refractivity contribution in [3.8, 4) is 0 Å². The number of hydrogen-bond acceptors (Lipinski definition) is 3. The van der Waals surface area contributed by atoms with Gasteiger partial charge in [-0.1, -0.05) is 0 Å². The van der Waals surface area contributed by atoms with Crippen LogP contribution in [0.3, 0.4) is 0 Å². The van der Waals surface area contributed by atoms with E-state index in [2.05, 4.69) is 5.43 Å². The maximum absolute atomic E-state index is 12.6. The molecule has 0 aromatic carbocycles. The monoisotopic (exact) mass is 317 g/mol. The zero-order valence-corrected chi connectivity index (χ0v) is 13.0. The van der Waals surface area contributed by atoms with E-state index in [9.17, 15) is 13.2 Å². The Morgan fingerprint density at radius 3 is 1.86 bits per heavy atom. The van der Waals surface area contributed by atoms with E-state index in [4.69, 9.17) is 0 Å². The molecule has 6 heteroatoms. The van der Waals surface area contributed by atoms with Gasteiger partial charge in [-0.05, 0) is 61.7 Å². The molecule has 4 saturated carbocycles. The van der Waals surface area contributed by atoms with Gasteiger partial charge in [0.2, 0.25) is 0 Å². The minimum atomic E-state index is -4.17. The van der Waals surface area contributed by atoms with Gasteiger partial charge in [0, 0.05) is 32.7 Å². The van der Waals surface area contributed by atoms with Gasteiger partial charge in [-0.25, -0.2) is 9.91 Å². The van der Waals surface area contributed by atoms with Crippen LogP contribution >= 0.6 is 0 Å². The Morgan fingerprint density at radius 1 is 0.818 bits per heavy atom. The maximum atomic E-state index is 12.6. The molecule has 1 heterocycles. The second-order valence-corrected chi connectivity index (χ2v) is 7.90. The Kier molecular flexibility index (Phi) is 3.90. The average Bonchev–Trinajstić information content (AvgIpc) is 2.45. The van der Waals surface area contributed by atoms with E-state index in [1.54, 1.807) is 0 Å². The minimum absolute atomic E-state index is 0.0815. The summed E-state index contributed by atoms with van der Waals surface area (Å²) in [6.07, 6.45) is 2.91. The van der Waals surface area contributed by atoms with Gasteiger partial charge in [-0.15, -0.1) is 0 Å². The van der Waals surface area contributed by atoms with Gasteiger partial charge in [0.25, 0.3) is 0 Å². The summed E-state index contributed by atoms with van der Waals surface area (Å²) >= 11 is 0. The molecular formula is C16H26F3N3. The van der Waals surface area contributed by atoms with Crippen LogP contribution in [0, 0.1) is 29.6 Å². The predicted octanol–water partition coefficient (Wildman–Crippen LogP) is 2.70. The van der Waals surface area contributed by atoms with E-state index in [0.717, 1.165) is 36.1 Å². The zero-order chi connectivity index (χ0) is 15.3. The van der Waals surface area contributed by atoms with Crippen molar-refractivity contribution in [2.45, 2.75) is 38.4 Å². The van der Waals surface area contributed by atoms with Crippen LogP contribution in [0.15, 0.2) is 0 Å². The molecule has 126 valence electrons. The molecule has 0 atom stereocenters. The predicted molar refractivity (Wildman–Crippen MR) is 77.7 cm³/mol. The SMILES string of the molecule is FC(F)(F)N1CCN(NCC2C3CC4CC(C3)CC2C4)CC1. The molecule has 4 aliphatic carbocycles. The van der Waals surface area contributed by atoms with Gasteiger partial charge in [-0.2, -0.15) is 13.2 Å². The summed E-state index contributed by atoms with van der Waals surface area (Å²) in [5.41, 5.74) is 3.46.